The lowest BCUT2D eigenvalue weighted by atomic mass is 10.0. The quantitative estimate of drug-likeness (QED) is 0.882. The summed E-state index contributed by atoms with van der Waals surface area (Å²) in [6, 6.07) is 11.9. The van der Waals surface area contributed by atoms with Gasteiger partial charge in [-0.25, -0.2) is 0 Å². The highest BCUT2D eigenvalue weighted by atomic mass is 35.5. The van der Waals surface area contributed by atoms with E-state index in [1.165, 1.54) is 0 Å². The first-order valence-electron chi connectivity index (χ1n) is 6.60. The van der Waals surface area contributed by atoms with Crippen molar-refractivity contribution in [1.82, 2.24) is 5.32 Å². The lowest BCUT2D eigenvalue weighted by molar-refractivity contribution is 0.0877. The predicted octanol–water partition coefficient (Wildman–Crippen LogP) is 4.26. The van der Waals surface area contributed by atoms with Crippen LogP contribution >= 0.6 is 11.6 Å². The molecule has 1 unspecified atom stereocenters. The van der Waals surface area contributed by atoms with Gasteiger partial charge >= 0.3 is 0 Å². The number of fused-ring (bicyclic) bond motifs is 1. The molecule has 19 heavy (non-hydrogen) atoms. The number of likely N-dealkylation sites (N-methyl/N-ethyl adjacent to an activating group) is 1. The molecule has 0 amide bonds. The first-order chi connectivity index (χ1) is 9.09. The second-order valence-electron chi connectivity index (χ2n) is 5.03. The second-order valence-corrected chi connectivity index (χ2v) is 5.43. The largest absolute Gasteiger partial charge is 0.486 e. The molecule has 0 heterocycles. The standard InChI is InChI=1S/C16H20ClNO/c1-4-16(2,11-18-3)19-15-10-9-14(17)12-7-5-6-8-13(12)15/h5-10,18H,4,11H2,1-3H3. The van der Waals surface area contributed by atoms with Crippen LogP contribution in [0.5, 0.6) is 5.75 Å². The highest BCUT2D eigenvalue weighted by molar-refractivity contribution is 6.35. The SMILES string of the molecule is CCC(C)(CNC)Oc1ccc(Cl)c2ccccc12. The van der Waals surface area contributed by atoms with Gasteiger partial charge < -0.3 is 10.1 Å². The van der Waals surface area contributed by atoms with Crippen LogP contribution in [-0.2, 0) is 0 Å². The van der Waals surface area contributed by atoms with Crippen molar-refractivity contribution in [2.75, 3.05) is 13.6 Å². The molecular weight excluding hydrogens is 258 g/mol. The molecule has 0 saturated carbocycles. The normalized spacial score (nSPS) is 14.3. The van der Waals surface area contributed by atoms with E-state index in [-0.39, 0.29) is 5.60 Å². The Bertz CT molecular complexity index is 570. The summed E-state index contributed by atoms with van der Waals surface area (Å²) in [4.78, 5) is 0. The van der Waals surface area contributed by atoms with Crippen LogP contribution in [0, 0.1) is 0 Å². The van der Waals surface area contributed by atoms with Crippen LogP contribution in [-0.4, -0.2) is 19.2 Å². The van der Waals surface area contributed by atoms with Crippen LogP contribution in [0.15, 0.2) is 36.4 Å². The molecule has 0 spiro atoms. The highest BCUT2D eigenvalue weighted by Crippen LogP contribution is 2.33. The maximum absolute atomic E-state index is 6.24. The molecule has 0 bridgehead atoms. The van der Waals surface area contributed by atoms with Gasteiger partial charge in [-0.3, -0.25) is 0 Å². The van der Waals surface area contributed by atoms with Gasteiger partial charge in [0.2, 0.25) is 0 Å². The summed E-state index contributed by atoms with van der Waals surface area (Å²) in [6.45, 7) is 5.06. The van der Waals surface area contributed by atoms with Crippen molar-refractivity contribution >= 4 is 22.4 Å². The average Bonchev–Trinajstić information content (AvgIpc) is 2.43. The van der Waals surface area contributed by atoms with E-state index >= 15 is 0 Å². The van der Waals surface area contributed by atoms with E-state index in [0.29, 0.717) is 0 Å². The average molecular weight is 278 g/mol. The Kier molecular flexibility index (Phi) is 4.33. The molecule has 2 aromatic rings. The van der Waals surface area contributed by atoms with E-state index in [4.69, 9.17) is 16.3 Å². The maximum Gasteiger partial charge on any atom is 0.128 e. The monoisotopic (exact) mass is 277 g/mol. The molecule has 0 saturated heterocycles. The number of ether oxygens (including phenoxy) is 1. The first kappa shape index (κ1) is 14.2. The predicted molar refractivity (Wildman–Crippen MR) is 82.2 cm³/mol. The summed E-state index contributed by atoms with van der Waals surface area (Å²) in [5.41, 5.74) is -0.217. The Labute approximate surface area is 119 Å². The van der Waals surface area contributed by atoms with Gasteiger partial charge in [0.05, 0.1) is 0 Å². The van der Waals surface area contributed by atoms with Crippen molar-refractivity contribution in [3.8, 4) is 5.75 Å². The third-order valence-corrected chi connectivity index (χ3v) is 3.82. The zero-order valence-corrected chi connectivity index (χ0v) is 12.4. The number of nitrogens with one attached hydrogen (secondary N) is 1. The lowest BCUT2D eigenvalue weighted by Gasteiger charge is -2.30. The molecule has 0 fully saturated rings. The fraction of sp³-hybridized carbons (Fsp3) is 0.375. The van der Waals surface area contributed by atoms with Crippen LogP contribution < -0.4 is 10.1 Å². The van der Waals surface area contributed by atoms with Crippen molar-refractivity contribution in [2.24, 2.45) is 0 Å². The minimum atomic E-state index is -0.217. The summed E-state index contributed by atoms with van der Waals surface area (Å²) in [5.74, 6) is 0.889. The Morgan fingerprint density at radius 3 is 2.47 bits per heavy atom. The summed E-state index contributed by atoms with van der Waals surface area (Å²) in [5, 5.41) is 6.04. The van der Waals surface area contributed by atoms with Gasteiger partial charge in [0, 0.05) is 22.3 Å². The second kappa shape index (κ2) is 5.81. The number of benzene rings is 2. The van der Waals surface area contributed by atoms with Crippen molar-refractivity contribution in [2.45, 2.75) is 25.9 Å². The number of rotatable bonds is 5. The van der Waals surface area contributed by atoms with Gasteiger partial charge in [-0.05, 0) is 32.5 Å². The third kappa shape index (κ3) is 3.02. The smallest absolute Gasteiger partial charge is 0.128 e. The molecule has 102 valence electrons. The minimum Gasteiger partial charge on any atom is -0.486 e. The fourth-order valence-electron chi connectivity index (χ4n) is 2.20. The summed E-state index contributed by atoms with van der Waals surface area (Å²) < 4.78 is 6.24. The molecule has 0 aromatic heterocycles. The topological polar surface area (TPSA) is 21.3 Å². The molecule has 3 heteroatoms. The van der Waals surface area contributed by atoms with Gasteiger partial charge in [0.25, 0.3) is 0 Å². The van der Waals surface area contributed by atoms with E-state index in [0.717, 1.165) is 34.5 Å². The van der Waals surface area contributed by atoms with Crippen LogP contribution in [0.3, 0.4) is 0 Å². The third-order valence-electron chi connectivity index (χ3n) is 3.49. The fourth-order valence-corrected chi connectivity index (χ4v) is 2.42. The van der Waals surface area contributed by atoms with Crippen molar-refractivity contribution in [3.63, 3.8) is 0 Å². The molecule has 1 N–H and O–H groups in total. The van der Waals surface area contributed by atoms with Gasteiger partial charge in [0.1, 0.15) is 11.4 Å². The van der Waals surface area contributed by atoms with E-state index in [9.17, 15) is 0 Å². The zero-order valence-electron chi connectivity index (χ0n) is 11.7. The molecule has 1 atom stereocenters. The molecule has 0 aliphatic carbocycles. The summed E-state index contributed by atoms with van der Waals surface area (Å²) in [6.07, 6.45) is 0.935. The summed E-state index contributed by atoms with van der Waals surface area (Å²) >= 11 is 6.23. The molecule has 0 radical (unpaired) electrons. The Balaban J connectivity index is 2.43. The first-order valence-corrected chi connectivity index (χ1v) is 6.98. The molecule has 0 aliphatic rings. The van der Waals surface area contributed by atoms with Gasteiger partial charge in [-0.1, -0.05) is 42.8 Å². The highest BCUT2D eigenvalue weighted by Gasteiger charge is 2.24. The summed E-state index contributed by atoms with van der Waals surface area (Å²) in [7, 11) is 1.94. The van der Waals surface area contributed by atoms with Crippen LogP contribution in [0.1, 0.15) is 20.3 Å². The van der Waals surface area contributed by atoms with Crippen molar-refractivity contribution in [1.29, 1.82) is 0 Å². The molecule has 0 aliphatic heterocycles. The molecule has 2 rings (SSSR count). The van der Waals surface area contributed by atoms with Crippen LogP contribution in [0.25, 0.3) is 10.8 Å². The minimum absolute atomic E-state index is 0.217. The van der Waals surface area contributed by atoms with Gasteiger partial charge in [0.15, 0.2) is 0 Å². The lowest BCUT2D eigenvalue weighted by Crippen LogP contribution is -2.41. The van der Waals surface area contributed by atoms with E-state index in [2.05, 4.69) is 19.2 Å². The zero-order chi connectivity index (χ0) is 13.9. The maximum atomic E-state index is 6.24. The van der Waals surface area contributed by atoms with Gasteiger partial charge in [-0.2, -0.15) is 0 Å². The van der Waals surface area contributed by atoms with E-state index < -0.39 is 0 Å². The number of halogens is 1. The van der Waals surface area contributed by atoms with Crippen LogP contribution in [0.2, 0.25) is 5.02 Å². The molecule has 2 nitrogen and oxygen atoms in total. The van der Waals surface area contributed by atoms with Gasteiger partial charge in [-0.15, -0.1) is 0 Å². The van der Waals surface area contributed by atoms with Crippen molar-refractivity contribution in [3.05, 3.63) is 41.4 Å². The van der Waals surface area contributed by atoms with E-state index in [1.54, 1.807) is 0 Å². The Hall–Kier alpha value is -1.25. The Morgan fingerprint density at radius 2 is 1.84 bits per heavy atom. The molecular formula is C16H20ClNO. The van der Waals surface area contributed by atoms with Crippen molar-refractivity contribution < 1.29 is 4.74 Å². The number of hydrogen-bond acceptors (Lipinski definition) is 2. The Morgan fingerprint density at radius 1 is 1.16 bits per heavy atom. The number of hydrogen-bond donors (Lipinski definition) is 1. The molecule has 2 aromatic carbocycles. The van der Waals surface area contributed by atoms with Crippen LogP contribution in [0.4, 0.5) is 0 Å². The van der Waals surface area contributed by atoms with E-state index in [1.807, 2.05) is 43.4 Å².